The van der Waals surface area contributed by atoms with E-state index in [1.165, 1.54) is 37.7 Å². The van der Waals surface area contributed by atoms with Crippen LogP contribution in [0, 0.1) is 44.4 Å². The maximum absolute atomic E-state index is 13.5. The molecule has 1 N–H and O–H groups in total. The molecule has 4 aliphatic carbocycles. The summed E-state index contributed by atoms with van der Waals surface area (Å²) in [6.45, 7) is 5.91. The Hall–Kier alpha value is -3.45. The second kappa shape index (κ2) is 9.83. The highest BCUT2D eigenvalue weighted by Crippen LogP contribution is 2.59. The van der Waals surface area contributed by atoms with E-state index in [2.05, 4.69) is 50.1 Å². The van der Waals surface area contributed by atoms with E-state index in [1.54, 1.807) is 24.3 Å². The van der Waals surface area contributed by atoms with Crippen molar-refractivity contribution >= 4 is 45.5 Å². The molecule has 0 unspecified atom stereocenters. The minimum atomic E-state index is -0.747. The standard InChI is InChI=1S/C34H34BrN3O3/c1-18-10-28(8-9-30(18)35)38-33(40)29(32(39)36-34(38)41)17-24-11-19(2)37(20(24)3)27-6-4-23(5-7-27)31-25-13-21-12-22(15-25)16-26(31)14-21/h4-11,17,21-22,25-26,31H,12-16H2,1-3H3,(H,36,39,41). The number of carbonyl (C=O) groups is 3. The molecule has 1 aromatic heterocycles. The van der Waals surface area contributed by atoms with Gasteiger partial charge in [-0.25, -0.2) is 9.69 Å². The number of amides is 4. The van der Waals surface area contributed by atoms with Crippen LogP contribution in [0.3, 0.4) is 0 Å². The van der Waals surface area contributed by atoms with Crippen LogP contribution in [0.5, 0.6) is 0 Å². The second-order valence-corrected chi connectivity index (χ2v) is 13.5. The van der Waals surface area contributed by atoms with E-state index in [9.17, 15) is 14.4 Å². The molecule has 6 nitrogen and oxygen atoms in total. The van der Waals surface area contributed by atoms with Gasteiger partial charge in [0, 0.05) is 21.5 Å². The van der Waals surface area contributed by atoms with E-state index in [0.717, 1.165) is 61.2 Å². The molecule has 5 fully saturated rings. The first-order valence-electron chi connectivity index (χ1n) is 14.6. The Balaban J connectivity index is 1.18. The van der Waals surface area contributed by atoms with Crippen LogP contribution in [0.1, 0.15) is 66.1 Å². The number of halogens is 1. The highest BCUT2D eigenvalue weighted by molar-refractivity contribution is 9.10. The van der Waals surface area contributed by atoms with E-state index in [0.29, 0.717) is 11.6 Å². The number of carbonyl (C=O) groups excluding carboxylic acids is 3. The molecule has 4 bridgehead atoms. The van der Waals surface area contributed by atoms with E-state index in [1.807, 2.05) is 26.8 Å². The minimum Gasteiger partial charge on any atom is -0.318 e. The summed E-state index contributed by atoms with van der Waals surface area (Å²) in [6.07, 6.45) is 8.70. The van der Waals surface area contributed by atoms with Gasteiger partial charge in [-0.1, -0.05) is 28.1 Å². The van der Waals surface area contributed by atoms with Crippen LogP contribution in [0.15, 0.2) is 58.6 Å². The largest absolute Gasteiger partial charge is 0.335 e. The number of hydrogen-bond donors (Lipinski definition) is 1. The first-order chi connectivity index (χ1) is 19.7. The molecule has 0 atom stereocenters. The van der Waals surface area contributed by atoms with Crippen molar-refractivity contribution in [2.45, 2.75) is 58.8 Å². The third kappa shape index (κ3) is 4.40. The van der Waals surface area contributed by atoms with Crippen molar-refractivity contribution in [1.29, 1.82) is 0 Å². The molecule has 0 radical (unpaired) electrons. The van der Waals surface area contributed by atoms with Gasteiger partial charge in [0.1, 0.15) is 5.57 Å². The molecule has 4 saturated carbocycles. The summed E-state index contributed by atoms with van der Waals surface area (Å²) in [4.78, 5) is 40.0. The van der Waals surface area contributed by atoms with Crippen molar-refractivity contribution < 1.29 is 14.4 Å². The van der Waals surface area contributed by atoms with Crippen LogP contribution >= 0.6 is 15.9 Å². The van der Waals surface area contributed by atoms with E-state index < -0.39 is 17.8 Å². The number of hydrogen-bond acceptors (Lipinski definition) is 3. The van der Waals surface area contributed by atoms with Crippen molar-refractivity contribution in [3.05, 3.63) is 86.7 Å². The molecule has 1 aliphatic heterocycles. The zero-order valence-electron chi connectivity index (χ0n) is 23.6. The zero-order chi connectivity index (χ0) is 28.6. The van der Waals surface area contributed by atoms with Crippen molar-refractivity contribution in [2.75, 3.05) is 4.90 Å². The lowest BCUT2D eigenvalue weighted by Gasteiger charge is -2.54. The molecule has 4 amide bonds. The molecule has 3 aromatic rings. The third-order valence-corrected chi connectivity index (χ3v) is 10.9. The smallest absolute Gasteiger partial charge is 0.318 e. The fourth-order valence-corrected chi connectivity index (χ4v) is 8.71. The van der Waals surface area contributed by atoms with Gasteiger partial charge in [-0.2, -0.15) is 0 Å². The van der Waals surface area contributed by atoms with E-state index in [-0.39, 0.29) is 5.57 Å². The summed E-state index contributed by atoms with van der Waals surface area (Å²) in [5.41, 5.74) is 6.48. The first kappa shape index (κ1) is 26.4. The number of urea groups is 1. The summed E-state index contributed by atoms with van der Waals surface area (Å²) in [7, 11) is 0. The predicted molar refractivity (Wildman–Crippen MR) is 163 cm³/mol. The summed E-state index contributed by atoms with van der Waals surface area (Å²) in [5.74, 6) is 3.00. The van der Waals surface area contributed by atoms with Crippen molar-refractivity contribution in [3.63, 3.8) is 0 Å². The van der Waals surface area contributed by atoms with Gasteiger partial charge in [-0.15, -0.1) is 0 Å². The average Bonchev–Trinajstić information content (AvgIpc) is 3.20. The summed E-state index contributed by atoms with van der Waals surface area (Å²) >= 11 is 3.45. The topological polar surface area (TPSA) is 71.4 Å². The van der Waals surface area contributed by atoms with Crippen LogP contribution in [0.2, 0.25) is 0 Å². The fraction of sp³-hybridized carbons (Fsp3) is 0.382. The summed E-state index contributed by atoms with van der Waals surface area (Å²) in [6, 6.07) is 15.5. The number of imide groups is 2. The fourth-order valence-electron chi connectivity index (χ4n) is 8.46. The van der Waals surface area contributed by atoms with Gasteiger partial charge in [0.15, 0.2) is 0 Å². The molecule has 5 aliphatic rings. The number of benzene rings is 2. The third-order valence-electron chi connectivity index (χ3n) is 10.0. The Labute approximate surface area is 248 Å². The van der Waals surface area contributed by atoms with Crippen LogP contribution in [-0.4, -0.2) is 22.4 Å². The molecule has 8 rings (SSSR count). The van der Waals surface area contributed by atoms with Crippen LogP contribution < -0.4 is 10.2 Å². The summed E-state index contributed by atoms with van der Waals surface area (Å²) in [5, 5.41) is 2.34. The zero-order valence-corrected chi connectivity index (χ0v) is 25.2. The number of aryl methyl sites for hydroxylation is 2. The maximum atomic E-state index is 13.5. The maximum Gasteiger partial charge on any atom is 0.335 e. The molecular formula is C34H34BrN3O3. The van der Waals surface area contributed by atoms with Gasteiger partial charge in [-0.3, -0.25) is 14.9 Å². The Bertz CT molecular complexity index is 1610. The lowest BCUT2D eigenvalue weighted by Crippen LogP contribution is -2.54. The predicted octanol–water partition coefficient (Wildman–Crippen LogP) is 7.37. The van der Waals surface area contributed by atoms with Crippen molar-refractivity contribution in [1.82, 2.24) is 9.88 Å². The molecule has 0 spiro atoms. The van der Waals surface area contributed by atoms with Crippen molar-refractivity contribution in [2.24, 2.45) is 23.7 Å². The monoisotopic (exact) mass is 611 g/mol. The normalized spacial score (nSPS) is 28.1. The number of aromatic nitrogens is 1. The lowest BCUT2D eigenvalue weighted by atomic mass is 9.51. The van der Waals surface area contributed by atoms with Crippen LogP contribution in [0.4, 0.5) is 10.5 Å². The number of barbiturate groups is 1. The second-order valence-electron chi connectivity index (χ2n) is 12.6. The van der Waals surface area contributed by atoms with Crippen molar-refractivity contribution in [3.8, 4) is 5.69 Å². The highest BCUT2D eigenvalue weighted by Gasteiger charge is 2.48. The number of nitrogens with one attached hydrogen (secondary N) is 1. The van der Waals surface area contributed by atoms with Gasteiger partial charge in [0.05, 0.1) is 5.69 Å². The Morgan fingerprint density at radius 2 is 1.46 bits per heavy atom. The van der Waals surface area contributed by atoms with Crippen LogP contribution in [0.25, 0.3) is 11.8 Å². The molecule has 1 saturated heterocycles. The lowest BCUT2D eigenvalue weighted by molar-refractivity contribution is -0.122. The Morgan fingerprint density at radius 1 is 0.829 bits per heavy atom. The highest BCUT2D eigenvalue weighted by atomic mass is 79.9. The Kier molecular flexibility index (Phi) is 6.34. The SMILES string of the molecule is Cc1cc(N2C(=O)NC(=O)C(=Cc3cc(C)n(-c4ccc(C5C6CC7CC(C6)CC5C7)cc4)c3C)C2=O)ccc1Br. The average molecular weight is 613 g/mol. The minimum absolute atomic E-state index is 0.0670. The molecule has 2 aromatic carbocycles. The van der Waals surface area contributed by atoms with Gasteiger partial charge in [0.2, 0.25) is 0 Å². The van der Waals surface area contributed by atoms with Gasteiger partial charge >= 0.3 is 6.03 Å². The molecule has 7 heteroatoms. The molecule has 41 heavy (non-hydrogen) atoms. The number of anilines is 1. The Morgan fingerprint density at radius 3 is 2.10 bits per heavy atom. The summed E-state index contributed by atoms with van der Waals surface area (Å²) < 4.78 is 3.04. The van der Waals surface area contributed by atoms with Gasteiger partial charge in [-0.05, 0) is 142 Å². The van der Waals surface area contributed by atoms with Gasteiger partial charge < -0.3 is 4.57 Å². The molecular weight excluding hydrogens is 578 g/mol. The number of nitrogens with zero attached hydrogens (tertiary/aromatic N) is 2. The van der Waals surface area contributed by atoms with Gasteiger partial charge in [0.25, 0.3) is 11.8 Å². The van der Waals surface area contributed by atoms with E-state index in [4.69, 9.17) is 0 Å². The quantitative estimate of drug-likeness (QED) is 0.247. The molecule has 2 heterocycles. The van der Waals surface area contributed by atoms with Crippen LogP contribution in [-0.2, 0) is 9.59 Å². The number of rotatable bonds is 4. The molecule has 210 valence electrons. The first-order valence-corrected chi connectivity index (χ1v) is 15.4. The van der Waals surface area contributed by atoms with E-state index >= 15 is 0 Å².